The minimum atomic E-state index is 0.635. The maximum atomic E-state index is 7.00. The minimum absolute atomic E-state index is 0.635. The molecule has 3 rings (SSSR count). The molecule has 1 saturated heterocycles. The molecule has 1 aliphatic rings. The van der Waals surface area contributed by atoms with E-state index in [4.69, 9.17) is 10.8 Å². The fourth-order valence-electron chi connectivity index (χ4n) is 2.16. The Labute approximate surface area is 158 Å². The van der Waals surface area contributed by atoms with Crippen LogP contribution < -0.4 is 5.73 Å². The summed E-state index contributed by atoms with van der Waals surface area (Å²) in [6, 6.07) is 13.1. The van der Waals surface area contributed by atoms with Crippen molar-refractivity contribution in [2.24, 2.45) is 5.73 Å². The van der Waals surface area contributed by atoms with Gasteiger partial charge in [0.15, 0.2) is 0 Å². The van der Waals surface area contributed by atoms with E-state index in [2.05, 4.69) is 40.7 Å². The van der Waals surface area contributed by atoms with Crippen molar-refractivity contribution >= 4 is 35.0 Å². The summed E-state index contributed by atoms with van der Waals surface area (Å²) >= 11 is 5.50. The van der Waals surface area contributed by atoms with Crippen LogP contribution in [0.25, 0.3) is 0 Å². The molecule has 0 radical (unpaired) electrons. The molecule has 134 valence electrons. The van der Waals surface area contributed by atoms with Gasteiger partial charge in [0.1, 0.15) is 0 Å². The van der Waals surface area contributed by atoms with Gasteiger partial charge in [-0.2, -0.15) is 0 Å². The van der Waals surface area contributed by atoms with E-state index in [1.807, 2.05) is 37.6 Å². The van der Waals surface area contributed by atoms with Gasteiger partial charge in [-0.25, -0.2) is 4.31 Å². The fourth-order valence-corrected chi connectivity index (χ4v) is 5.39. The molecule has 1 aromatic carbocycles. The monoisotopic (exact) mass is 384 g/mol. The Hall–Kier alpha value is -0.500. The van der Waals surface area contributed by atoms with Gasteiger partial charge < -0.3 is 10.8 Å². The van der Waals surface area contributed by atoms with Crippen LogP contribution in [0.3, 0.4) is 0 Å². The number of nitrogens with zero attached hydrogens (tertiary/aromatic N) is 1. The minimum Gasteiger partial charge on any atom is -0.400 e. The summed E-state index contributed by atoms with van der Waals surface area (Å²) in [4.78, 5) is 3.89. The molecule has 0 unspecified atom stereocenters. The van der Waals surface area contributed by atoms with E-state index < -0.39 is 0 Å². The Morgan fingerprint density at radius 1 is 1.08 bits per heavy atom. The average molecular weight is 385 g/mol. The first-order valence-corrected chi connectivity index (χ1v) is 10.7. The molecule has 0 bridgehead atoms. The molecule has 0 spiro atoms. The van der Waals surface area contributed by atoms with Crippen LogP contribution in [0.2, 0.25) is 0 Å². The van der Waals surface area contributed by atoms with E-state index in [0.29, 0.717) is 6.54 Å². The molecule has 3 nitrogen and oxygen atoms in total. The van der Waals surface area contributed by atoms with Gasteiger partial charge in [0.2, 0.25) is 0 Å². The maximum Gasteiger partial charge on any atom is 0.0649 e. The molecule has 0 saturated carbocycles. The first-order chi connectivity index (χ1) is 11.8. The van der Waals surface area contributed by atoms with Crippen molar-refractivity contribution in [3.63, 3.8) is 0 Å². The molecule has 24 heavy (non-hydrogen) atoms. The number of rotatable bonds is 5. The lowest BCUT2D eigenvalue weighted by atomic mass is 10.4. The highest BCUT2D eigenvalue weighted by Crippen LogP contribution is 2.36. The molecular weight excluding hydrogens is 356 g/mol. The van der Waals surface area contributed by atoms with Gasteiger partial charge in [-0.15, -0.1) is 11.3 Å². The molecule has 1 aliphatic heterocycles. The zero-order valence-electron chi connectivity index (χ0n) is 14.7. The Morgan fingerprint density at radius 2 is 1.75 bits per heavy atom. The summed E-state index contributed by atoms with van der Waals surface area (Å²) in [5.74, 6) is 0. The van der Waals surface area contributed by atoms with Crippen molar-refractivity contribution in [1.29, 1.82) is 0 Å². The van der Waals surface area contributed by atoms with E-state index >= 15 is 0 Å². The third-order valence-corrected chi connectivity index (χ3v) is 6.48. The van der Waals surface area contributed by atoms with Crippen molar-refractivity contribution in [2.45, 2.75) is 47.2 Å². The first-order valence-electron chi connectivity index (χ1n) is 8.28. The van der Waals surface area contributed by atoms with Crippen LogP contribution >= 0.6 is 35.0 Å². The van der Waals surface area contributed by atoms with Gasteiger partial charge in [-0.3, -0.25) is 0 Å². The van der Waals surface area contributed by atoms with Crippen molar-refractivity contribution in [3.8, 4) is 0 Å². The van der Waals surface area contributed by atoms with Crippen LogP contribution in [0.15, 0.2) is 50.4 Å². The lowest BCUT2D eigenvalue weighted by Crippen LogP contribution is -2.08. The summed E-state index contributed by atoms with van der Waals surface area (Å²) < 4.78 is 3.77. The highest BCUT2D eigenvalue weighted by atomic mass is 32.2. The van der Waals surface area contributed by atoms with E-state index in [0.717, 1.165) is 7.11 Å². The van der Waals surface area contributed by atoms with Gasteiger partial charge in [0.25, 0.3) is 0 Å². The second-order valence-corrected chi connectivity index (χ2v) is 8.44. The number of hydrogen-bond donors (Lipinski definition) is 2. The lowest BCUT2D eigenvalue weighted by Gasteiger charge is -2.13. The van der Waals surface area contributed by atoms with Gasteiger partial charge >= 0.3 is 0 Å². The zero-order valence-corrected chi connectivity index (χ0v) is 17.1. The number of thiophene rings is 1. The number of aliphatic hydroxyl groups excluding tert-OH is 1. The standard InChI is InChI=1S/C15H18N2S3.C2H6.CH4O/c16-11-14-6-7-15(19-14)18-12-4-3-5-13(10-12)20-17-8-1-2-9-17;2*1-2/h3-7,10H,1-2,8-9,11,16H2;1-2H3;2H,1H3. The smallest absolute Gasteiger partial charge is 0.0649 e. The van der Waals surface area contributed by atoms with Gasteiger partial charge in [0, 0.05) is 41.4 Å². The van der Waals surface area contributed by atoms with Crippen LogP contribution in [0, 0.1) is 0 Å². The normalized spacial score (nSPS) is 13.7. The van der Waals surface area contributed by atoms with E-state index in [-0.39, 0.29) is 0 Å². The number of nitrogens with two attached hydrogens (primary N) is 1. The zero-order chi connectivity index (χ0) is 17.8. The van der Waals surface area contributed by atoms with Crippen molar-refractivity contribution in [3.05, 3.63) is 41.3 Å². The second kappa shape index (κ2) is 12.8. The number of hydrogen-bond acceptors (Lipinski definition) is 6. The molecule has 2 aromatic rings. The summed E-state index contributed by atoms with van der Waals surface area (Å²) in [6.45, 7) is 7.07. The molecule has 3 N–H and O–H groups in total. The Kier molecular flexibility index (Phi) is 11.5. The molecule has 0 atom stereocenters. The molecule has 1 aromatic heterocycles. The quantitative estimate of drug-likeness (QED) is 0.703. The van der Waals surface area contributed by atoms with Crippen molar-refractivity contribution in [2.75, 3.05) is 20.2 Å². The molecule has 2 heterocycles. The summed E-state index contributed by atoms with van der Waals surface area (Å²) in [7, 11) is 1.00. The number of benzene rings is 1. The third kappa shape index (κ3) is 7.17. The molecule has 0 amide bonds. The predicted octanol–water partition coefficient (Wildman–Crippen LogP) is 5.10. The molecular formula is C18H28N2OS3. The number of aliphatic hydroxyl groups is 1. The van der Waals surface area contributed by atoms with E-state index in [1.54, 1.807) is 11.3 Å². The Balaban J connectivity index is 0.000000671. The van der Waals surface area contributed by atoms with Crippen LogP contribution in [0.4, 0.5) is 0 Å². The third-order valence-electron chi connectivity index (χ3n) is 3.16. The van der Waals surface area contributed by atoms with Crippen LogP contribution in [-0.2, 0) is 6.54 Å². The van der Waals surface area contributed by atoms with Crippen LogP contribution in [-0.4, -0.2) is 29.6 Å². The largest absolute Gasteiger partial charge is 0.400 e. The maximum absolute atomic E-state index is 7.00. The van der Waals surface area contributed by atoms with Gasteiger partial charge in [0.05, 0.1) is 4.21 Å². The fraction of sp³-hybridized carbons (Fsp3) is 0.444. The Morgan fingerprint density at radius 3 is 2.38 bits per heavy atom. The molecule has 1 fully saturated rings. The second-order valence-electron chi connectivity index (χ2n) is 4.73. The summed E-state index contributed by atoms with van der Waals surface area (Å²) in [5, 5.41) is 7.00. The van der Waals surface area contributed by atoms with Crippen LogP contribution in [0.5, 0.6) is 0 Å². The van der Waals surface area contributed by atoms with Crippen molar-refractivity contribution in [1.82, 2.24) is 4.31 Å². The highest BCUT2D eigenvalue weighted by molar-refractivity contribution is 8.01. The summed E-state index contributed by atoms with van der Waals surface area (Å²) in [5.41, 5.74) is 5.66. The topological polar surface area (TPSA) is 49.5 Å². The predicted molar refractivity (Wildman–Crippen MR) is 109 cm³/mol. The average Bonchev–Trinajstić information content (AvgIpc) is 3.31. The highest BCUT2D eigenvalue weighted by Gasteiger charge is 2.13. The molecule has 6 heteroatoms. The lowest BCUT2D eigenvalue weighted by molar-refractivity contribution is 0.399. The van der Waals surface area contributed by atoms with Gasteiger partial charge in [-0.05, 0) is 55.1 Å². The SMILES string of the molecule is CC.CO.NCc1ccc(Sc2cccc(SN3CCCC3)c2)s1. The van der Waals surface area contributed by atoms with Crippen molar-refractivity contribution < 1.29 is 5.11 Å². The van der Waals surface area contributed by atoms with E-state index in [9.17, 15) is 0 Å². The van der Waals surface area contributed by atoms with E-state index in [1.165, 1.54) is 44.8 Å². The first kappa shape index (κ1) is 21.5. The Bertz CT molecular complexity index is 569. The molecule has 0 aliphatic carbocycles. The van der Waals surface area contributed by atoms with Crippen LogP contribution in [0.1, 0.15) is 31.6 Å². The van der Waals surface area contributed by atoms with Gasteiger partial charge in [-0.1, -0.05) is 31.7 Å². The summed E-state index contributed by atoms with van der Waals surface area (Å²) in [6.07, 6.45) is 2.66.